The van der Waals surface area contributed by atoms with Gasteiger partial charge < -0.3 is 9.64 Å². The van der Waals surface area contributed by atoms with Gasteiger partial charge in [-0.25, -0.2) is 4.79 Å². The zero-order valence-corrected chi connectivity index (χ0v) is 15.7. The van der Waals surface area contributed by atoms with Crippen molar-refractivity contribution in [3.63, 3.8) is 0 Å². The molecule has 2 heterocycles. The molecule has 0 bridgehead atoms. The minimum atomic E-state index is -0.686. The first-order valence-corrected chi connectivity index (χ1v) is 9.80. The molecule has 1 saturated heterocycles. The molecule has 27 heavy (non-hydrogen) atoms. The van der Waals surface area contributed by atoms with Gasteiger partial charge in [0.2, 0.25) is 5.91 Å². The number of hydrogen-bond acceptors (Lipinski definition) is 3. The number of amides is 1. The third-order valence-corrected chi connectivity index (χ3v) is 6.71. The maximum Gasteiger partial charge on any atom is 0.339 e. The van der Waals surface area contributed by atoms with E-state index in [1.54, 1.807) is 6.07 Å². The number of benzene rings is 2. The Morgan fingerprint density at radius 1 is 1.04 bits per heavy atom. The highest BCUT2D eigenvalue weighted by molar-refractivity contribution is 6.30. The molecule has 138 valence electrons. The van der Waals surface area contributed by atoms with Gasteiger partial charge in [-0.05, 0) is 36.6 Å². The lowest BCUT2D eigenvalue weighted by Gasteiger charge is -2.43. The Balaban J connectivity index is 1.44. The van der Waals surface area contributed by atoms with E-state index in [2.05, 4.69) is 0 Å². The summed E-state index contributed by atoms with van der Waals surface area (Å²) < 4.78 is 5.80. The largest absolute Gasteiger partial charge is 0.449 e. The van der Waals surface area contributed by atoms with Crippen LogP contribution in [0.25, 0.3) is 0 Å². The smallest absolute Gasteiger partial charge is 0.339 e. The van der Waals surface area contributed by atoms with Crippen LogP contribution in [-0.2, 0) is 20.5 Å². The number of carbonyl (C=O) groups is 2. The molecule has 2 aromatic rings. The Bertz CT molecular complexity index is 935. The van der Waals surface area contributed by atoms with E-state index < -0.39 is 11.0 Å². The third kappa shape index (κ3) is 2.36. The molecule has 1 spiro atoms. The Kier molecular flexibility index (Phi) is 3.63. The summed E-state index contributed by atoms with van der Waals surface area (Å²) in [6.07, 6.45) is 3.41. The van der Waals surface area contributed by atoms with Gasteiger partial charge in [-0.3, -0.25) is 4.79 Å². The number of hydrogen-bond donors (Lipinski definition) is 0. The molecule has 2 fully saturated rings. The molecule has 2 aliphatic heterocycles. The quantitative estimate of drug-likeness (QED) is 0.737. The van der Waals surface area contributed by atoms with Gasteiger partial charge in [0.15, 0.2) is 5.60 Å². The third-order valence-electron chi connectivity index (χ3n) is 6.46. The lowest BCUT2D eigenvalue weighted by atomic mass is 9.63. The van der Waals surface area contributed by atoms with Crippen LogP contribution >= 0.6 is 11.6 Å². The van der Waals surface area contributed by atoms with Crippen LogP contribution in [0.2, 0.25) is 5.02 Å². The molecular weight excluding hydrogens is 362 g/mol. The molecule has 1 aliphatic carbocycles. The molecule has 1 unspecified atom stereocenters. The van der Waals surface area contributed by atoms with Crippen molar-refractivity contribution >= 4 is 23.5 Å². The van der Waals surface area contributed by atoms with Crippen LogP contribution < -0.4 is 0 Å². The van der Waals surface area contributed by atoms with Crippen molar-refractivity contribution < 1.29 is 14.3 Å². The summed E-state index contributed by atoms with van der Waals surface area (Å²) in [7, 11) is 0. The maximum absolute atomic E-state index is 13.5. The van der Waals surface area contributed by atoms with E-state index in [0.717, 1.165) is 30.4 Å². The number of carbonyl (C=O) groups excluding carboxylic acids is 2. The summed E-state index contributed by atoms with van der Waals surface area (Å²) in [4.78, 5) is 27.7. The second kappa shape index (κ2) is 5.83. The average molecular weight is 382 g/mol. The predicted molar refractivity (Wildman–Crippen MR) is 102 cm³/mol. The van der Waals surface area contributed by atoms with Crippen LogP contribution in [0.4, 0.5) is 0 Å². The lowest BCUT2D eigenvalue weighted by Crippen LogP contribution is -2.51. The van der Waals surface area contributed by atoms with E-state index in [0.29, 0.717) is 30.1 Å². The van der Waals surface area contributed by atoms with Gasteiger partial charge >= 0.3 is 5.97 Å². The van der Waals surface area contributed by atoms with Crippen molar-refractivity contribution in [2.75, 3.05) is 13.1 Å². The number of likely N-dealkylation sites (tertiary alicyclic amines) is 1. The van der Waals surface area contributed by atoms with E-state index in [1.165, 1.54) is 0 Å². The molecule has 5 heteroatoms. The lowest BCUT2D eigenvalue weighted by molar-refractivity contribution is -0.140. The second-order valence-electron chi connectivity index (χ2n) is 7.85. The first-order chi connectivity index (χ1) is 13.0. The fourth-order valence-corrected chi connectivity index (χ4v) is 4.96. The molecule has 4 nitrogen and oxygen atoms in total. The number of nitrogens with zero attached hydrogens (tertiary/aromatic N) is 1. The van der Waals surface area contributed by atoms with E-state index in [9.17, 15) is 9.59 Å². The van der Waals surface area contributed by atoms with Crippen molar-refractivity contribution in [1.82, 2.24) is 4.90 Å². The SMILES string of the molecule is O=C1OC2(CCN(C(=O)C3(c4ccc(Cl)cc4)CCC3)C2)c2ccccc21. The summed E-state index contributed by atoms with van der Waals surface area (Å²) in [6.45, 7) is 1.04. The standard InChI is InChI=1S/C22H20ClNO3/c23-16-8-6-15(7-9-16)21(10-3-11-21)20(26)24-13-12-22(14-24)18-5-2-1-4-17(18)19(25)27-22/h1-2,4-9H,3,10-14H2. The Labute approximate surface area is 163 Å². The second-order valence-corrected chi connectivity index (χ2v) is 8.29. The number of rotatable bonds is 2. The van der Waals surface area contributed by atoms with Gasteiger partial charge in [-0.15, -0.1) is 0 Å². The maximum atomic E-state index is 13.5. The number of fused-ring (bicyclic) bond motifs is 2. The highest BCUT2D eigenvalue weighted by atomic mass is 35.5. The summed E-state index contributed by atoms with van der Waals surface area (Å²) in [5.41, 5.74) is 1.43. The van der Waals surface area contributed by atoms with E-state index in [4.69, 9.17) is 16.3 Å². The first-order valence-electron chi connectivity index (χ1n) is 9.42. The fourth-order valence-electron chi connectivity index (χ4n) is 4.83. The van der Waals surface area contributed by atoms with Crippen molar-refractivity contribution in [2.24, 2.45) is 0 Å². The molecule has 1 saturated carbocycles. The first kappa shape index (κ1) is 16.8. The van der Waals surface area contributed by atoms with Gasteiger partial charge in [0.25, 0.3) is 0 Å². The Morgan fingerprint density at radius 3 is 2.48 bits per heavy atom. The van der Waals surface area contributed by atoms with Crippen LogP contribution in [0.15, 0.2) is 48.5 Å². The van der Waals surface area contributed by atoms with Crippen LogP contribution in [0.5, 0.6) is 0 Å². The molecule has 1 amide bonds. The van der Waals surface area contributed by atoms with E-state index in [1.807, 2.05) is 47.4 Å². The molecule has 0 aromatic heterocycles. The minimum Gasteiger partial charge on any atom is -0.449 e. The molecule has 0 N–H and O–H groups in total. The fraction of sp³-hybridized carbons (Fsp3) is 0.364. The highest BCUT2D eigenvalue weighted by Gasteiger charge is 2.55. The van der Waals surface area contributed by atoms with Gasteiger partial charge in [-0.1, -0.05) is 48.4 Å². The van der Waals surface area contributed by atoms with Crippen LogP contribution in [0.3, 0.4) is 0 Å². The van der Waals surface area contributed by atoms with Crippen LogP contribution in [0.1, 0.15) is 47.2 Å². The number of halogens is 1. The van der Waals surface area contributed by atoms with E-state index in [-0.39, 0.29) is 11.9 Å². The zero-order valence-electron chi connectivity index (χ0n) is 14.9. The summed E-state index contributed by atoms with van der Waals surface area (Å²) in [5, 5.41) is 0.676. The number of esters is 1. The average Bonchev–Trinajstić information content (AvgIpc) is 3.18. The summed E-state index contributed by atoms with van der Waals surface area (Å²) in [6, 6.07) is 15.2. The molecule has 1 atom stereocenters. The minimum absolute atomic E-state index is 0.147. The molecule has 2 aromatic carbocycles. The Hall–Kier alpha value is -2.33. The molecule has 5 rings (SSSR count). The Morgan fingerprint density at radius 2 is 1.78 bits per heavy atom. The topological polar surface area (TPSA) is 46.6 Å². The van der Waals surface area contributed by atoms with E-state index >= 15 is 0 Å². The van der Waals surface area contributed by atoms with Gasteiger partial charge in [0.05, 0.1) is 17.5 Å². The van der Waals surface area contributed by atoms with Crippen molar-refractivity contribution in [2.45, 2.75) is 36.7 Å². The van der Waals surface area contributed by atoms with Crippen molar-refractivity contribution in [3.8, 4) is 0 Å². The monoisotopic (exact) mass is 381 g/mol. The number of ether oxygens (including phenoxy) is 1. The van der Waals surface area contributed by atoms with Crippen molar-refractivity contribution in [3.05, 3.63) is 70.2 Å². The predicted octanol–water partition coefficient (Wildman–Crippen LogP) is 4.06. The molecule has 0 radical (unpaired) electrons. The highest BCUT2D eigenvalue weighted by Crippen LogP contribution is 2.49. The summed E-state index contributed by atoms with van der Waals surface area (Å²) >= 11 is 6.03. The molecule has 3 aliphatic rings. The van der Waals surface area contributed by atoms with Gasteiger partial charge in [0, 0.05) is 23.6 Å². The zero-order chi connectivity index (χ0) is 18.6. The van der Waals surface area contributed by atoms with Gasteiger partial charge in [0.1, 0.15) is 0 Å². The summed E-state index contributed by atoms with van der Waals surface area (Å²) in [5.74, 6) is -0.135. The van der Waals surface area contributed by atoms with Crippen molar-refractivity contribution in [1.29, 1.82) is 0 Å². The molecular formula is C22H20ClNO3. The van der Waals surface area contributed by atoms with Crippen LogP contribution in [-0.4, -0.2) is 29.9 Å². The van der Waals surface area contributed by atoms with Crippen LogP contribution in [0, 0.1) is 0 Å². The van der Waals surface area contributed by atoms with Gasteiger partial charge in [-0.2, -0.15) is 0 Å². The normalized spacial score (nSPS) is 25.2.